The van der Waals surface area contributed by atoms with Crippen molar-refractivity contribution in [3.05, 3.63) is 12.2 Å². The maximum atomic E-state index is 10.4. The number of fused-ring (bicyclic) bond motifs is 2. The van der Waals surface area contributed by atoms with Crippen LogP contribution in [0.25, 0.3) is 0 Å². The molecular formula is C28H42O4. The molecule has 32 heavy (non-hydrogen) atoms. The summed E-state index contributed by atoms with van der Waals surface area (Å²) >= 11 is 0. The molecule has 178 valence electrons. The molecule has 7 rings (SSSR count). The molecule has 3 aliphatic heterocycles. The van der Waals surface area contributed by atoms with E-state index < -0.39 is 0 Å². The quantitative estimate of drug-likeness (QED) is 0.478. The van der Waals surface area contributed by atoms with E-state index in [-0.39, 0.29) is 29.0 Å². The number of hydrogen-bond acceptors (Lipinski definition) is 4. The Labute approximate surface area is 193 Å². The minimum Gasteiger partial charge on any atom is -0.393 e. The molecule has 0 amide bonds. The number of aliphatic hydroxyl groups is 1. The second-order valence-electron chi connectivity index (χ2n) is 13.5. The van der Waals surface area contributed by atoms with Crippen LogP contribution in [-0.2, 0) is 14.2 Å². The maximum absolute atomic E-state index is 10.4. The summed E-state index contributed by atoms with van der Waals surface area (Å²) in [6.45, 7) is 13.7. The zero-order valence-corrected chi connectivity index (χ0v) is 20.4. The Kier molecular flexibility index (Phi) is 4.07. The first-order valence-corrected chi connectivity index (χ1v) is 13.5. The number of epoxide rings is 1. The van der Waals surface area contributed by atoms with Crippen molar-refractivity contribution < 1.29 is 19.3 Å². The van der Waals surface area contributed by atoms with E-state index >= 15 is 0 Å². The van der Waals surface area contributed by atoms with Crippen LogP contribution in [0.5, 0.6) is 0 Å². The fourth-order valence-corrected chi connectivity index (χ4v) is 10.4. The van der Waals surface area contributed by atoms with Crippen LogP contribution in [0.1, 0.15) is 85.5 Å². The number of rotatable bonds is 4. The van der Waals surface area contributed by atoms with E-state index in [9.17, 15) is 5.11 Å². The third-order valence-electron chi connectivity index (χ3n) is 12.2. The average molecular weight is 443 g/mol. The average Bonchev–Trinajstić information content (AvgIpc) is 3.15. The molecule has 3 heterocycles. The molecule has 0 aromatic rings. The fourth-order valence-electron chi connectivity index (χ4n) is 10.4. The van der Waals surface area contributed by atoms with Crippen LogP contribution >= 0.6 is 0 Å². The minimum absolute atomic E-state index is 0.0239. The Balaban J connectivity index is 1.21. The van der Waals surface area contributed by atoms with Gasteiger partial charge in [0.1, 0.15) is 5.60 Å². The van der Waals surface area contributed by atoms with Gasteiger partial charge in [-0.05, 0) is 87.9 Å². The predicted molar refractivity (Wildman–Crippen MR) is 122 cm³/mol. The number of ether oxygens (including phenoxy) is 3. The van der Waals surface area contributed by atoms with Crippen molar-refractivity contribution in [2.45, 2.75) is 121 Å². The van der Waals surface area contributed by atoms with E-state index in [0.717, 1.165) is 44.9 Å². The summed E-state index contributed by atoms with van der Waals surface area (Å²) in [4.78, 5) is 0. The largest absolute Gasteiger partial charge is 0.393 e. The molecule has 2 spiro atoms. The molecule has 4 heteroatoms. The first-order valence-electron chi connectivity index (χ1n) is 13.5. The van der Waals surface area contributed by atoms with E-state index in [0.29, 0.717) is 47.2 Å². The Morgan fingerprint density at radius 1 is 1.06 bits per heavy atom. The molecule has 12 atom stereocenters. The van der Waals surface area contributed by atoms with Crippen LogP contribution in [0.15, 0.2) is 12.2 Å². The highest BCUT2D eigenvalue weighted by atomic mass is 16.7. The van der Waals surface area contributed by atoms with Gasteiger partial charge in [0.2, 0.25) is 0 Å². The van der Waals surface area contributed by atoms with Crippen LogP contribution in [0.4, 0.5) is 0 Å². The monoisotopic (exact) mass is 442 g/mol. The van der Waals surface area contributed by atoms with E-state index in [1.54, 1.807) is 0 Å². The molecule has 2 bridgehead atoms. The standard InChI is InChI=1S/C28H42O4/c1-15(2)16(3)6-10-26(5)21-14-19-23-27(21,24(30-19)32-26)11-8-20-25(4)9-7-18(29)12-17(25)13-22-28(20,23)31-22/h15,17-24,29H,3,6-14H2,1-2,4-5H3/t17-,18+,19-,20-,21?,22+,23-,24+,25+,26+,27?,28-/m1/s1. The molecule has 0 aromatic carbocycles. The Morgan fingerprint density at radius 3 is 2.66 bits per heavy atom. The second-order valence-corrected chi connectivity index (χ2v) is 13.5. The van der Waals surface area contributed by atoms with Gasteiger partial charge in [0.15, 0.2) is 6.29 Å². The Hall–Kier alpha value is -0.420. The summed E-state index contributed by atoms with van der Waals surface area (Å²) in [5, 5.41) is 10.4. The lowest BCUT2D eigenvalue weighted by Gasteiger charge is -2.58. The van der Waals surface area contributed by atoms with Crippen LogP contribution in [-0.4, -0.2) is 40.9 Å². The predicted octanol–water partition coefficient (Wildman–Crippen LogP) is 5.23. The van der Waals surface area contributed by atoms with Gasteiger partial charge in [-0.2, -0.15) is 0 Å². The first-order chi connectivity index (χ1) is 15.1. The molecule has 4 aliphatic carbocycles. The normalized spacial score (nSPS) is 61.2. The van der Waals surface area contributed by atoms with Crippen LogP contribution in [0.3, 0.4) is 0 Å². The third kappa shape index (κ3) is 2.25. The van der Waals surface area contributed by atoms with Crippen molar-refractivity contribution in [2.75, 3.05) is 0 Å². The van der Waals surface area contributed by atoms with Gasteiger partial charge < -0.3 is 19.3 Å². The second kappa shape index (κ2) is 6.22. The first kappa shape index (κ1) is 20.9. The summed E-state index contributed by atoms with van der Waals surface area (Å²) in [5.74, 6) is 2.87. The van der Waals surface area contributed by atoms with Crippen molar-refractivity contribution in [3.8, 4) is 0 Å². The molecule has 4 saturated carbocycles. The van der Waals surface area contributed by atoms with Crippen molar-refractivity contribution in [1.82, 2.24) is 0 Å². The summed E-state index contributed by atoms with van der Waals surface area (Å²) in [6, 6.07) is 0. The molecule has 3 saturated heterocycles. The van der Waals surface area contributed by atoms with Gasteiger partial charge in [0.05, 0.1) is 23.9 Å². The fraction of sp³-hybridized carbons (Fsp3) is 0.929. The van der Waals surface area contributed by atoms with Crippen molar-refractivity contribution in [2.24, 2.45) is 40.4 Å². The maximum Gasteiger partial charge on any atom is 0.165 e. The van der Waals surface area contributed by atoms with Gasteiger partial charge in [-0.15, -0.1) is 0 Å². The van der Waals surface area contributed by atoms with Crippen LogP contribution < -0.4 is 0 Å². The lowest BCUT2D eigenvalue weighted by atomic mass is 9.44. The van der Waals surface area contributed by atoms with Gasteiger partial charge in [0, 0.05) is 17.3 Å². The van der Waals surface area contributed by atoms with Crippen molar-refractivity contribution in [3.63, 3.8) is 0 Å². The highest BCUT2D eigenvalue weighted by molar-refractivity contribution is 5.33. The highest BCUT2D eigenvalue weighted by Crippen LogP contribution is 2.81. The summed E-state index contributed by atoms with van der Waals surface area (Å²) in [6.07, 6.45) is 10.5. The summed E-state index contributed by atoms with van der Waals surface area (Å²) in [5.41, 5.74) is 1.73. The van der Waals surface area contributed by atoms with Crippen molar-refractivity contribution >= 4 is 0 Å². The third-order valence-corrected chi connectivity index (χ3v) is 12.2. The van der Waals surface area contributed by atoms with E-state index in [2.05, 4.69) is 34.3 Å². The van der Waals surface area contributed by atoms with Crippen LogP contribution in [0.2, 0.25) is 0 Å². The molecule has 7 aliphatic rings. The lowest BCUT2D eigenvalue weighted by Crippen LogP contribution is -2.60. The molecule has 1 N–H and O–H groups in total. The van der Waals surface area contributed by atoms with E-state index in [4.69, 9.17) is 14.2 Å². The Morgan fingerprint density at radius 2 is 1.88 bits per heavy atom. The lowest BCUT2D eigenvalue weighted by molar-refractivity contribution is -0.175. The number of hydrogen-bond donors (Lipinski definition) is 1. The van der Waals surface area contributed by atoms with Crippen molar-refractivity contribution in [1.29, 1.82) is 0 Å². The number of aliphatic hydroxyl groups excluding tert-OH is 1. The SMILES string of the molecule is C=C(CC[C@]1(C)O[C@@H]2O[C@@H]3CC1C21CC[C@@H]2[C@@]4(C)CC[C@H](O)C[C@@H]4C[C@@H]4O[C@@]42[C@H]31)C(C)C. The van der Waals surface area contributed by atoms with Gasteiger partial charge in [-0.25, -0.2) is 0 Å². The molecule has 4 nitrogen and oxygen atoms in total. The zero-order chi connectivity index (χ0) is 22.3. The minimum atomic E-state index is -0.106. The molecular weight excluding hydrogens is 400 g/mol. The molecule has 7 fully saturated rings. The molecule has 2 unspecified atom stereocenters. The smallest absolute Gasteiger partial charge is 0.165 e. The number of allylic oxidation sites excluding steroid dienone is 1. The van der Waals surface area contributed by atoms with E-state index in [1.165, 1.54) is 18.4 Å². The highest BCUT2D eigenvalue weighted by Gasteiger charge is 2.87. The molecule has 0 radical (unpaired) electrons. The van der Waals surface area contributed by atoms with Gasteiger partial charge in [-0.1, -0.05) is 32.9 Å². The van der Waals surface area contributed by atoms with Gasteiger partial charge in [-0.3, -0.25) is 0 Å². The van der Waals surface area contributed by atoms with Gasteiger partial charge >= 0.3 is 0 Å². The van der Waals surface area contributed by atoms with Gasteiger partial charge in [0.25, 0.3) is 0 Å². The Bertz CT molecular complexity index is 854. The zero-order valence-electron chi connectivity index (χ0n) is 20.4. The summed E-state index contributed by atoms with van der Waals surface area (Å²) < 4.78 is 20.4. The van der Waals surface area contributed by atoms with E-state index in [1.807, 2.05) is 0 Å². The topological polar surface area (TPSA) is 51.2 Å². The molecule has 0 aromatic heterocycles. The summed E-state index contributed by atoms with van der Waals surface area (Å²) in [7, 11) is 0. The van der Waals surface area contributed by atoms with Crippen LogP contribution in [0, 0.1) is 40.4 Å².